The summed E-state index contributed by atoms with van der Waals surface area (Å²) in [4.78, 5) is 19.4. The van der Waals surface area contributed by atoms with E-state index in [1.165, 1.54) is 0 Å². The monoisotopic (exact) mass is 260 g/mol. The molecule has 1 unspecified atom stereocenters. The minimum atomic E-state index is -0.227. The van der Waals surface area contributed by atoms with Crippen molar-refractivity contribution in [2.75, 3.05) is 34.0 Å². The molecule has 0 aromatic rings. The normalized spacial score (nSPS) is 13.4. The Morgan fingerprint density at radius 1 is 1.22 bits per heavy atom. The number of ether oxygens (including phenoxy) is 1. The SMILES string of the molecule is CCOC(=O)C(CC(C)C)N(CC)CON(C)C. The summed E-state index contributed by atoms with van der Waals surface area (Å²) in [6.45, 7) is 9.63. The number of rotatable bonds is 9. The van der Waals surface area contributed by atoms with Gasteiger partial charge in [0, 0.05) is 14.1 Å². The highest BCUT2D eigenvalue weighted by Gasteiger charge is 2.27. The molecular weight excluding hydrogens is 232 g/mol. The van der Waals surface area contributed by atoms with Crippen molar-refractivity contribution >= 4 is 5.97 Å². The van der Waals surface area contributed by atoms with Crippen LogP contribution in [0.5, 0.6) is 0 Å². The molecule has 0 N–H and O–H groups in total. The number of nitrogens with zero attached hydrogens (tertiary/aromatic N) is 2. The highest BCUT2D eigenvalue weighted by Crippen LogP contribution is 2.13. The number of esters is 1. The van der Waals surface area contributed by atoms with Crippen molar-refractivity contribution in [3.63, 3.8) is 0 Å². The van der Waals surface area contributed by atoms with Crippen LogP contribution >= 0.6 is 0 Å². The van der Waals surface area contributed by atoms with Crippen molar-refractivity contribution in [2.24, 2.45) is 5.92 Å². The zero-order chi connectivity index (χ0) is 14.1. The zero-order valence-corrected chi connectivity index (χ0v) is 12.6. The van der Waals surface area contributed by atoms with Gasteiger partial charge in [0.2, 0.25) is 0 Å². The standard InChI is InChI=1S/C13H28N2O3/c1-7-15(10-18-14(5)6)12(9-11(3)4)13(16)17-8-2/h11-12H,7-10H2,1-6H3. The van der Waals surface area contributed by atoms with Gasteiger partial charge >= 0.3 is 5.97 Å². The first-order valence-electron chi connectivity index (χ1n) is 6.63. The fourth-order valence-electron chi connectivity index (χ4n) is 1.67. The Balaban J connectivity index is 4.61. The zero-order valence-electron chi connectivity index (χ0n) is 12.6. The van der Waals surface area contributed by atoms with Crippen LogP contribution in [0.2, 0.25) is 0 Å². The molecule has 0 heterocycles. The van der Waals surface area contributed by atoms with Crippen LogP contribution in [0.25, 0.3) is 0 Å². The summed E-state index contributed by atoms with van der Waals surface area (Å²) >= 11 is 0. The van der Waals surface area contributed by atoms with E-state index in [0.29, 0.717) is 19.3 Å². The van der Waals surface area contributed by atoms with Gasteiger partial charge in [-0.1, -0.05) is 20.8 Å². The number of carbonyl (C=O) groups is 1. The van der Waals surface area contributed by atoms with Crippen LogP contribution in [0.4, 0.5) is 0 Å². The molecule has 18 heavy (non-hydrogen) atoms. The molecule has 1 atom stereocenters. The van der Waals surface area contributed by atoms with Gasteiger partial charge in [0.15, 0.2) is 0 Å². The molecular formula is C13H28N2O3. The molecule has 5 heteroatoms. The molecule has 0 aliphatic heterocycles. The van der Waals surface area contributed by atoms with E-state index in [1.807, 2.05) is 32.8 Å². The predicted molar refractivity (Wildman–Crippen MR) is 71.9 cm³/mol. The van der Waals surface area contributed by atoms with Gasteiger partial charge in [0.25, 0.3) is 0 Å². The second-order valence-corrected chi connectivity index (χ2v) is 4.87. The minimum absolute atomic E-state index is 0.157. The summed E-state index contributed by atoms with van der Waals surface area (Å²) in [6.07, 6.45) is 0.781. The highest BCUT2D eigenvalue weighted by atomic mass is 16.7. The molecule has 0 fully saturated rings. The average Bonchev–Trinajstić information content (AvgIpc) is 2.27. The second kappa shape index (κ2) is 9.30. The largest absolute Gasteiger partial charge is 0.465 e. The van der Waals surface area contributed by atoms with Crippen molar-refractivity contribution in [1.82, 2.24) is 9.96 Å². The molecule has 5 nitrogen and oxygen atoms in total. The van der Waals surface area contributed by atoms with Gasteiger partial charge in [0.05, 0.1) is 6.61 Å². The molecule has 108 valence electrons. The lowest BCUT2D eigenvalue weighted by Crippen LogP contribution is -2.45. The Labute approximate surface area is 111 Å². The maximum absolute atomic E-state index is 12.0. The van der Waals surface area contributed by atoms with Gasteiger partial charge in [0.1, 0.15) is 12.8 Å². The second-order valence-electron chi connectivity index (χ2n) is 4.87. The summed E-state index contributed by atoms with van der Waals surface area (Å²) in [5, 5.41) is 1.64. The van der Waals surface area contributed by atoms with Crippen molar-refractivity contribution in [2.45, 2.75) is 40.2 Å². The van der Waals surface area contributed by atoms with Crippen LogP contribution in [0, 0.1) is 5.92 Å². The van der Waals surface area contributed by atoms with Crippen molar-refractivity contribution < 1.29 is 14.4 Å². The van der Waals surface area contributed by atoms with Crippen LogP contribution in [-0.4, -0.2) is 56.0 Å². The molecule has 0 amide bonds. The maximum Gasteiger partial charge on any atom is 0.323 e. The van der Waals surface area contributed by atoms with Crippen LogP contribution in [0.3, 0.4) is 0 Å². The molecule has 0 saturated heterocycles. The average molecular weight is 260 g/mol. The molecule has 0 aliphatic carbocycles. The molecule has 0 radical (unpaired) electrons. The smallest absolute Gasteiger partial charge is 0.323 e. The molecule has 0 saturated carbocycles. The number of carbonyl (C=O) groups excluding carboxylic acids is 1. The quantitative estimate of drug-likeness (QED) is 0.359. The first-order valence-corrected chi connectivity index (χ1v) is 6.63. The predicted octanol–water partition coefficient (Wildman–Crippen LogP) is 1.74. The highest BCUT2D eigenvalue weighted by molar-refractivity contribution is 5.75. The topological polar surface area (TPSA) is 42.0 Å². The maximum atomic E-state index is 12.0. The summed E-state index contributed by atoms with van der Waals surface area (Å²) in [6, 6.07) is -0.227. The first kappa shape index (κ1) is 17.4. The molecule has 0 rings (SSSR count). The summed E-state index contributed by atoms with van der Waals surface area (Å²) < 4.78 is 5.14. The van der Waals surface area contributed by atoms with Gasteiger partial charge in [-0.3, -0.25) is 14.5 Å². The third-order valence-corrected chi connectivity index (χ3v) is 2.58. The number of hydrogen-bond donors (Lipinski definition) is 0. The Kier molecular flexibility index (Phi) is 8.97. The Morgan fingerprint density at radius 3 is 2.22 bits per heavy atom. The lowest BCUT2D eigenvalue weighted by atomic mass is 10.0. The Morgan fingerprint density at radius 2 is 1.83 bits per heavy atom. The third kappa shape index (κ3) is 6.93. The fraction of sp³-hybridized carbons (Fsp3) is 0.923. The van der Waals surface area contributed by atoms with E-state index in [2.05, 4.69) is 13.8 Å². The fourth-order valence-corrected chi connectivity index (χ4v) is 1.67. The van der Waals surface area contributed by atoms with Crippen molar-refractivity contribution in [3.8, 4) is 0 Å². The Bertz CT molecular complexity index is 232. The molecule has 0 aromatic carbocycles. The van der Waals surface area contributed by atoms with E-state index in [4.69, 9.17) is 9.57 Å². The van der Waals surface area contributed by atoms with E-state index in [0.717, 1.165) is 13.0 Å². The van der Waals surface area contributed by atoms with Gasteiger partial charge < -0.3 is 4.74 Å². The van der Waals surface area contributed by atoms with Gasteiger partial charge in [-0.25, -0.2) is 0 Å². The van der Waals surface area contributed by atoms with E-state index in [1.54, 1.807) is 5.06 Å². The lowest BCUT2D eigenvalue weighted by molar-refractivity contribution is -0.178. The number of hydrogen-bond acceptors (Lipinski definition) is 5. The van der Waals surface area contributed by atoms with E-state index < -0.39 is 0 Å². The molecule has 0 aromatic heterocycles. The van der Waals surface area contributed by atoms with E-state index >= 15 is 0 Å². The Hall–Kier alpha value is -0.650. The van der Waals surface area contributed by atoms with E-state index in [-0.39, 0.29) is 12.0 Å². The summed E-state index contributed by atoms with van der Waals surface area (Å²) in [7, 11) is 3.66. The van der Waals surface area contributed by atoms with Crippen molar-refractivity contribution in [1.29, 1.82) is 0 Å². The summed E-state index contributed by atoms with van der Waals surface area (Å²) in [5.41, 5.74) is 0. The number of likely N-dealkylation sites (N-methyl/N-ethyl adjacent to an activating group) is 1. The van der Waals surface area contributed by atoms with Gasteiger partial charge in [-0.15, -0.1) is 0 Å². The van der Waals surface area contributed by atoms with Gasteiger partial charge in [-0.05, 0) is 25.8 Å². The number of hydroxylamine groups is 2. The van der Waals surface area contributed by atoms with Crippen LogP contribution in [0.15, 0.2) is 0 Å². The van der Waals surface area contributed by atoms with Crippen LogP contribution in [0.1, 0.15) is 34.1 Å². The van der Waals surface area contributed by atoms with Gasteiger partial charge in [-0.2, -0.15) is 5.06 Å². The summed E-state index contributed by atoms with van der Waals surface area (Å²) in [5.74, 6) is 0.281. The van der Waals surface area contributed by atoms with Crippen LogP contribution in [-0.2, 0) is 14.4 Å². The lowest BCUT2D eigenvalue weighted by Gasteiger charge is -2.30. The third-order valence-electron chi connectivity index (χ3n) is 2.58. The molecule has 0 spiro atoms. The van der Waals surface area contributed by atoms with Crippen LogP contribution < -0.4 is 0 Å². The molecule has 0 bridgehead atoms. The minimum Gasteiger partial charge on any atom is -0.465 e. The van der Waals surface area contributed by atoms with E-state index in [9.17, 15) is 4.79 Å². The van der Waals surface area contributed by atoms with Crippen molar-refractivity contribution in [3.05, 3.63) is 0 Å². The first-order chi connectivity index (χ1) is 8.42. The molecule has 0 aliphatic rings.